The van der Waals surface area contributed by atoms with Gasteiger partial charge in [0.1, 0.15) is 0 Å². The SMILES string of the molecule is CC(=O)Nc1ccc(NC(=O)C(C)Sc2ccc(NC(=O)c3cccc4cccc(C(=O)O)c34)cc2)cc1. The summed E-state index contributed by atoms with van der Waals surface area (Å²) in [6, 6.07) is 23.9. The minimum absolute atomic E-state index is 0.0657. The number of carboxylic acids is 1. The molecule has 0 heterocycles. The van der Waals surface area contributed by atoms with Gasteiger partial charge in [0.25, 0.3) is 5.91 Å². The molecule has 0 fully saturated rings. The van der Waals surface area contributed by atoms with Crippen molar-refractivity contribution < 1.29 is 24.3 Å². The van der Waals surface area contributed by atoms with Gasteiger partial charge in [0, 0.05) is 39.8 Å². The molecular formula is C29H25N3O5S. The molecule has 4 aromatic rings. The third-order valence-corrected chi connectivity index (χ3v) is 6.76. The van der Waals surface area contributed by atoms with Crippen molar-refractivity contribution >= 4 is 63.3 Å². The van der Waals surface area contributed by atoms with Crippen molar-refractivity contribution in [2.75, 3.05) is 16.0 Å². The average molecular weight is 528 g/mol. The normalized spacial score (nSPS) is 11.4. The van der Waals surface area contributed by atoms with E-state index in [0.29, 0.717) is 27.8 Å². The molecule has 4 N–H and O–H groups in total. The van der Waals surface area contributed by atoms with Gasteiger partial charge in [-0.05, 0) is 73.0 Å². The van der Waals surface area contributed by atoms with Crippen LogP contribution in [-0.2, 0) is 9.59 Å². The van der Waals surface area contributed by atoms with Crippen LogP contribution in [0, 0.1) is 0 Å². The highest BCUT2D eigenvalue weighted by atomic mass is 32.2. The van der Waals surface area contributed by atoms with Gasteiger partial charge >= 0.3 is 5.97 Å². The maximum absolute atomic E-state index is 13.0. The number of hydrogen-bond acceptors (Lipinski definition) is 5. The van der Waals surface area contributed by atoms with Gasteiger partial charge in [-0.3, -0.25) is 14.4 Å². The second-order valence-electron chi connectivity index (χ2n) is 8.50. The lowest BCUT2D eigenvalue weighted by atomic mass is 9.98. The highest BCUT2D eigenvalue weighted by Gasteiger charge is 2.18. The van der Waals surface area contributed by atoms with E-state index in [1.54, 1.807) is 85.8 Å². The number of carbonyl (C=O) groups is 4. The summed E-state index contributed by atoms with van der Waals surface area (Å²) < 4.78 is 0. The van der Waals surface area contributed by atoms with Gasteiger partial charge < -0.3 is 21.1 Å². The number of carboxylic acid groups (broad SMARTS) is 1. The van der Waals surface area contributed by atoms with Crippen LogP contribution in [0.4, 0.5) is 17.1 Å². The van der Waals surface area contributed by atoms with E-state index < -0.39 is 17.1 Å². The molecule has 0 radical (unpaired) electrons. The van der Waals surface area contributed by atoms with Crippen LogP contribution < -0.4 is 16.0 Å². The molecule has 8 nitrogen and oxygen atoms in total. The first-order valence-corrected chi connectivity index (χ1v) is 12.6. The highest BCUT2D eigenvalue weighted by Crippen LogP contribution is 2.27. The minimum Gasteiger partial charge on any atom is -0.478 e. The first kappa shape index (κ1) is 26.4. The number of amides is 3. The molecule has 9 heteroatoms. The van der Waals surface area contributed by atoms with E-state index in [2.05, 4.69) is 16.0 Å². The van der Waals surface area contributed by atoms with E-state index >= 15 is 0 Å². The van der Waals surface area contributed by atoms with E-state index in [9.17, 15) is 24.3 Å². The second-order valence-corrected chi connectivity index (χ2v) is 9.91. The largest absolute Gasteiger partial charge is 0.478 e. The Bertz CT molecular complexity index is 1510. The second kappa shape index (κ2) is 11.6. The molecule has 4 aromatic carbocycles. The molecular weight excluding hydrogens is 502 g/mol. The Labute approximate surface area is 223 Å². The number of nitrogens with one attached hydrogen (secondary N) is 3. The van der Waals surface area contributed by atoms with Crippen molar-refractivity contribution in [2.45, 2.75) is 24.0 Å². The number of aromatic carboxylic acids is 1. The Morgan fingerprint density at radius 1 is 0.711 bits per heavy atom. The van der Waals surface area contributed by atoms with Crippen molar-refractivity contribution in [3.8, 4) is 0 Å². The summed E-state index contributed by atoms with van der Waals surface area (Å²) in [6.07, 6.45) is 0. The van der Waals surface area contributed by atoms with Gasteiger partial charge in [0.2, 0.25) is 11.8 Å². The molecule has 0 saturated heterocycles. The fraction of sp³-hybridized carbons (Fsp3) is 0.103. The number of thioether (sulfide) groups is 1. The number of carbonyl (C=O) groups excluding carboxylic acids is 3. The molecule has 192 valence electrons. The van der Waals surface area contributed by atoms with E-state index in [4.69, 9.17) is 0 Å². The average Bonchev–Trinajstić information content (AvgIpc) is 2.89. The van der Waals surface area contributed by atoms with Crippen LogP contribution in [0.25, 0.3) is 10.8 Å². The van der Waals surface area contributed by atoms with E-state index in [1.807, 2.05) is 0 Å². The van der Waals surface area contributed by atoms with Crippen LogP contribution in [0.1, 0.15) is 34.6 Å². The number of anilines is 3. The Balaban J connectivity index is 1.39. The molecule has 0 saturated carbocycles. The van der Waals surface area contributed by atoms with Crippen molar-refractivity contribution in [1.82, 2.24) is 0 Å². The van der Waals surface area contributed by atoms with Gasteiger partial charge in [-0.25, -0.2) is 4.79 Å². The third kappa shape index (κ3) is 6.37. The van der Waals surface area contributed by atoms with Crippen molar-refractivity contribution in [2.24, 2.45) is 0 Å². The van der Waals surface area contributed by atoms with Crippen LogP contribution in [0.5, 0.6) is 0 Å². The molecule has 0 aliphatic carbocycles. The molecule has 0 bridgehead atoms. The first-order valence-electron chi connectivity index (χ1n) is 11.7. The molecule has 0 aromatic heterocycles. The summed E-state index contributed by atoms with van der Waals surface area (Å²) in [6.45, 7) is 3.22. The monoisotopic (exact) mass is 527 g/mol. The minimum atomic E-state index is -1.10. The molecule has 0 aliphatic rings. The summed E-state index contributed by atoms with van der Waals surface area (Å²) in [7, 11) is 0. The van der Waals surface area contributed by atoms with E-state index in [1.165, 1.54) is 24.8 Å². The number of rotatable bonds is 8. The zero-order valence-corrected chi connectivity index (χ0v) is 21.5. The molecule has 1 atom stereocenters. The van der Waals surface area contributed by atoms with E-state index in [-0.39, 0.29) is 22.9 Å². The number of fused-ring (bicyclic) bond motifs is 1. The Kier molecular flexibility index (Phi) is 8.08. The van der Waals surface area contributed by atoms with Crippen molar-refractivity contribution in [3.63, 3.8) is 0 Å². The lowest BCUT2D eigenvalue weighted by Crippen LogP contribution is -2.22. The quantitative estimate of drug-likeness (QED) is 0.213. The standard InChI is InChI=1S/C29H25N3O5S/c1-17(27(34)31-21-11-9-20(10-12-21)30-18(2)33)38-23-15-13-22(14-16-23)32-28(35)24-7-3-5-19-6-4-8-25(26(19)24)29(36)37/h3-17H,1-2H3,(H,30,33)(H,31,34)(H,32,35)(H,36,37). The van der Waals surface area contributed by atoms with Crippen molar-refractivity contribution in [1.29, 1.82) is 0 Å². The van der Waals surface area contributed by atoms with Gasteiger partial charge in [-0.15, -0.1) is 11.8 Å². The lowest BCUT2D eigenvalue weighted by molar-refractivity contribution is -0.115. The molecule has 0 aliphatic heterocycles. The van der Waals surface area contributed by atoms with Crippen LogP contribution in [0.15, 0.2) is 89.8 Å². The van der Waals surface area contributed by atoms with Crippen LogP contribution >= 0.6 is 11.8 Å². The van der Waals surface area contributed by atoms with Gasteiger partial charge in [0.15, 0.2) is 0 Å². The Morgan fingerprint density at radius 3 is 1.82 bits per heavy atom. The predicted molar refractivity (Wildman–Crippen MR) is 150 cm³/mol. The Morgan fingerprint density at radius 2 is 1.24 bits per heavy atom. The lowest BCUT2D eigenvalue weighted by Gasteiger charge is -2.13. The van der Waals surface area contributed by atoms with Crippen molar-refractivity contribution in [3.05, 3.63) is 96.1 Å². The summed E-state index contributed by atoms with van der Waals surface area (Å²) in [4.78, 5) is 49.3. The molecule has 4 rings (SSSR count). The predicted octanol–water partition coefficient (Wildman–Crippen LogP) is 5.87. The Hall–Kier alpha value is -4.63. The van der Waals surface area contributed by atoms with Crippen LogP contribution in [0.2, 0.25) is 0 Å². The smallest absolute Gasteiger partial charge is 0.336 e. The van der Waals surface area contributed by atoms with Crippen LogP contribution in [0.3, 0.4) is 0 Å². The molecule has 38 heavy (non-hydrogen) atoms. The summed E-state index contributed by atoms with van der Waals surface area (Å²) in [5.41, 5.74) is 2.15. The molecule has 1 unspecified atom stereocenters. The number of hydrogen-bond donors (Lipinski definition) is 4. The molecule has 3 amide bonds. The zero-order valence-electron chi connectivity index (χ0n) is 20.6. The van der Waals surface area contributed by atoms with E-state index in [0.717, 1.165) is 4.90 Å². The van der Waals surface area contributed by atoms with Crippen LogP contribution in [-0.4, -0.2) is 34.0 Å². The third-order valence-electron chi connectivity index (χ3n) is 5.65. The fourth-order valence-electron chi connectivity index (χ4n) is 3.87. The summed E-state index contributed by atoms with van der Waals surface area (Å²) >= 11 is 1.37. The first-order chi connectivity index (χ1) is 18.2. The number of benzene rings is 4. The fourth-order valence-corrected chi connectivity index (χ4v) is 4.73. The maximum Gasteiger partial charge on any atom is 0.336 e. The summed E-state index contributed by atoms with van der Waals surface area (Å²) in [5.74, 6) is -1.86. The highest BCUT2D eigenvalue weighted by molar-refractivity contribution is 8.00. The van der Waals surface area contributed by atoms with Gasteiger partial charge in [-0.1, -0.05) is 24.3 Å². The molecule has 0 spiro atoms. The summed E-state index contributed by atoms with van der Waals surface area (Å²) in [5, 5.41) is 18.6. The topological polar surface area (TPSA) is 125 Å². The zero-order chi connectivity index (χ0) is 27.2. The van der Waals surface area contributed by atoms with Gasteiger partial charge in [0.05, 0.1) is 10.8 Å². The van der Waals surface area contributed by atoms with Gasteiger partial charge in [-0.2, -0.15) is 0 Å². The maximum atomic E-state index is 13.0.